The lowest BCUT2D eigenvalue weighted by molar-refractivity contribution is -0.121. The number of nitrogens with one attached hydrogen (secondary N) is 2. The third-order valence-electron chi connectivity index (χ3n) is 2.17. The molecule has 1 aromatic rings. The predicted molar refractivity (Wildman–Crippen MR) is 67.0 cm³/mol. The molecule has 112 valence electrons. The highest BCUT2D eigenvalue weighted by atomic mass is 32.2. The van der Waals surface area contributed by atoms with Gasteiger partial charge in [-0.3, -0.25) is 4.72 Å². The zero-order valence-corrected chi connectivity index (χ0v) is 11.1. The minimum atomic E-state index is -4.66. The van der Waals surface area contributed by atoms with Crippen molar-refractivity contribution in [3.05, 3.63) is 29.8 Å². The van der Waals surface area contributed by atoms with Gasteiger partial charge in [0.1, 0.15) is 6.54 Å². The Morgan fingerprint density at radius 3 is 2.50 bits per heavy atom. The van der Waals surface area contributed by atoms with Gasteiger partial charge in [-0.15, -0.1) is 0 Å². The van der Waals surface area contributed by atoms with Gasteiger partial charge < -0.3 is 5.21 Å². The summed E-state index contributed by atoms with van der Waals surface area (Å²) < 4.78 is 62.2. The lowest BCUT2D eigenvalue weighted by Gasteiger charge is -2.13. The summed E-state index contributed by atoms with van der Waals surface area (Å²) in [4.78, 5) is 0. The van der Waals surface area contributed by atoms with Gasteiger partial charge in [0, 0.05) is 5.56 Å². The molecule has 0 fully saturated rings. The molecule has 0 aliphatic rings. The molecule has 1 rings (SSSR count). The lowest BCUT2D eigenvalue weighted by atomic mass is 10.1. The van der Waals surface area contributed by atoms with Crippen LogP contribution in [0.15, 0.2) is 29.4 Å². The molecule has 0 spiro atoms. The van der Waals surface area contributed by atoms with Gasteiger partial charge in [-0.2, -0.15) is 26.3 Å². The first-order valence-corrected chi connectivity index (χ1v) is 6.75. The summed E-state index contributed by atoms with van der Waals surface area (Å²) in [7, 11) is -4.39. The Labute approximate surface area is 113 Å². The number of benzene rings is 1. The molecule has 1 aromatic carbocycles. The molecular weight excluding hydrogens is 299 g/mol. The number of halogens is 3. The number of nitrogens with zero attached hydrogens (tertiary/aromatic N) is 1. The summed E-state index contributed by atoms with van der Waals surface area (Å²) in [6, 6.07) is 5.83. The van der Waals surface area contributed by atoms with E-state index in [1.165, 1.54) is 29.8 Å². The van der Waals surface area contributed by atoms with Gasteiger partial charge in [-0.25, -0.2) is 0 Å². The van der Waals surface area contributed by atoms with Crippen LogP contribution in [0.3, 0.4) is 0 Å². The van der Waals surface area contributed by atoms with Crippen LogP contribution in [0.4, 0.5) is 18.9 Å². The Morgan fingerprint density at radius 2 is 1.95 bits per heavy atom. The molecule has 3 N–H and O–H groups in total. The smallest absolute Gasteiger partial charge is 0.402 e. The fourth-order valence-electron chi connectivity index (χ4n) is 1.30. The number of rotatable bonds is 5. The summed E-state index contributed by atoms with van der Waals surface area (Å²) >= 11 is 0. The number of alkyl halides is 3. The minimum absolute atomic E-state index is 0.00234. The van der Waals surface area contributed by atoms with E-state index < -0.39 is 22.9 Å². The third-order valence-corrected chi connectivity index (χ3v) is 3.19. The van der Waals surface area contributed by atoms with E-state index in [2.05, 4.69) is 5.16 Å². The molecule has 0 radical (unpaired) electrons. The second kappa shape index (κ2) is 6.09. The number of hydrogen-bond acceptors (Lipinski definition) is 4. The van der Waals surface area contributed by atoms with Crippen molar-refractivity contribution in [1.82, 2.24) is 4.72 Å². The topological polar surface area (TPSA) is 90.8 Å². The summed E-state index contributed by atoms with van der Waals surface area (Å²) in [5.74, 6) is 0. The second-order valence-electron chi connectivity index (χ2n) is 3.77. The molecule has 0 atom stereocenters. The van der Waals surface area contributed by atoms with Gasteiger partial charge in [-0.1, -0.05) is 23.4 Å². The summed E-state index contributed by atoms with van der Waals surface area (Å²) in [5.41, 5.74) is 0.351. The molecule has 0 saturated carbocycles. The van der Waals surface area contributed by atoms with E-state index in [1.807, 2.05) is 4.72 Å². The van der Waals surface area contributed by atoms with E-state index in [-0.39, 0.29) is 17.0 Å². The highest BCUT2D eigenvalue weighted by molar-refractivity contribution is 7.90. The molecule has 0 aliphatic carbocycles. The zero-order valence-electron chi connectivity index (χ0n) is 10.3. The van der Waals surface area contributed by atoms with Gasteiger partial charge >= 0.3 is 6.18 Å². The molecule has 0 heterocycles. The normalized spacial score (nSPS) is 13.3. The van der Waals surface area contributed by atoms with Crippen molar-refractivity contribution in [2.75, 3.05) is 11.3 Å². The number of hydrogen-bond donors (Lipinski definition) is 3. The Bertz CT molecular complexity index is 599. The maximum Gasteiger partial charge on any atom is 0.402 e. The standard InChI is InChI=1S/C10H12F3N3O3S/c1-7(15-17)8-4-2-3-5-9(8)16-20(18,19)14-6-10(11,12)13/h2-5,14,16-17H,6H2,1H3/b15-7-. The van der Waals surface area contributed by atoms with E-state index in [1.54, 1.807) is 6.07 Å². The maximum atomic E-state index is 12.0. The molecule has 20 heavy (non-hydrogen) atoms. The van der Waals surface area contributed by atoms with Crippen LogP contribution in [0, 0.1) is 0 Å². The van der Waals surface area contributed by atoms with E-state index in [0.29, 0.717) is 0 Å². The number of oxime groups is 1. The van der Waals surface area contributed by atoms with E-state index in [0.717, 1.165) is 0 Å². The van der Waals surface area contributed by atoms with Crippen LogP contribution in [-0.4, -0.2) is 32.1 Å². The fraction of sp³-hybridized carbons (Fsp3) is 0.300. The van der Waals surface area contributed by atoms with Gasteiger partial charge in [0.05, 0.1) is 11.4 Å². The highest BCUT2D eigenvalue weighted by Crippen LogP contribution is 2.18. The van der Waals surface area contributed by atoms with Crippen LogP contribution >= 0.6 is 0 Å². The van der Waals surface area contributed by atoms with E-state index >= 15 is 0 Å². The van der Waals surface area contributed by atoms with Crippen LogP contribution in [0.1, 0.15) is 12.5 Å². The second-order valence-corrected chi connectivity index (χ2v) is 5.27. The quantitative estimate of drug-likeness (QED) is 0.439. The van der Waals surface area contributed by atoms with Crippen LogP contribution in [-0.2, 0) is 10.2 Å². The first-order valence-electron chi connectivity index (χ1n) is 5.27. The largest absolute Gasteiger partial charge is 0.411 e. The van der Waals surface area contributed by atoms with Crippen LogP contribution < -0.4 is 9.44 Å². The summed E-state index contributed by atoms with van der Waals surface area (Å²) in [6.45, 7) is -0.270. The van der Waals surface area contributed by atoms with Crippen LogP contribution in [0.2, 0.25) is 0 Å². The first kappa shape index (κ1) is 16.2. The Hall–Kier alpha value is -1.81. The molecule has 0 amide bonds. The van der Waals surface area contributed by atoms with Crippen LogP contribution in [0.25, 0.3) is 0 Å². The minimum Gasteiger partial charge on any atom is -0.411 e. The van der Waals surface area contributed by atoms with Gasteiger partial charge in [0.25, 0.3) is 10.2 Å². The Balaban J connectivity index is 2.93. The molecule has 6 nitrogen and oxygen atoms in total. The van der Waals surface area contributed by atoms with Crippen molar-refractivity contribution in [3.63, 3.8) is 0 Å². The third kappa shape index (κ3) is 5.05. The monoisotopic (exact) mass is 311 g/mol. The molecular formula is C10H12F3N3O3S. The lowest BCUT2D eigenvalue weighted by Crippen LogP contribution is -2.37. The van der Waals surface area contributed by atoms with Gasteiger partial charge in [0.15, 0.2) is 0 Å². The summed E-state index contributed by atoms with van der Waals surface area (Å²) in [6.07, 6.45) is -4.66. The van der Waals surface area contributed by atoms with Crippen molar-refractivity contribution < 1.29 is 26.8 Å². The molecule has 10 heteroatoms. The van der Waals surface area contributed by atoms with Crippen LogP contribution in [0.5, 0.6) is 0 Å². The average Bonchev–Trinajstić information content (AvgIpc) is 2.35. The predicted octanol–water partition coefficient (Wildman–Crippen LogP) is 1.69. The van der Waals surface area contributed by atoms with E-state index in [4.69, 9.17) is 5.21 Å². The van der Waals surface area contributed by atoms with Crippen molar-refractivity contribution in [2.45, 2.75) is 13.1 Å². The van der Waals surface area contributed by atoms with Crippen molar-refractivity contribution >= 4 is 21.6 Å². The molecule has 0 saturated heterocycles. The molecule has 0 aromatic heterocycles. The van der Waals surface area contributed by atoms with E-state index in [9.17, 15) is 21.6 Å². The molecule has 0 unspecified atom stereocenters. The van der Waals surface area contributed by atoms with Crippen molar-refractivity contribution in [2.24, 2.45) is 5.16 Å². The first-order chi connectivity index (χ1) is 9.14. The van der Waals surface area contributed by atoms with Gasteiger partial charge in [-0.05, 0) is 13.0 Å². The Kier molecular flexibility index (Phi) is 4.95. The summed E-state index contributed by atoms with van der Waals surface area (Å²) in [5, 5.41) is 11.6. The number of para-hydroxylation sites is 1. The SMILES string of the molecule is C/C(=N/O)c1ccccc1NS(=O)(=O)NCC(F)(F)F. The fourth-order valence-corrected chi connectivity index (χ4v) is 2.19. The van der Waals surface area contributed by atoms with Crippen molar-refractivity contribution in [1.29, 1.82) is 0 Å². The number of anilines is 1. The average molecular weight is 311 g/mol. The van der Waals surface area contributed by atoms with Gasteiger partial charge in [0.2, 0.25) is 0 Å². The highest BCUT2D eigenvalue weighted by Gasteiger charge is 2.29. The van der Waals surface area contributed by atoms with Crippen molar-refractivity contribution in [3.8, 4) is 0 Å². The Morgan fingerprint density at radius 1 is 1.35 bits per heavy atom. The molecule has 0 aliphatic heterocycles. The maximum absolute atomic E-state index is 12.0. The zero-order chi connectivity index (χ0) is 15.4. The molecule has 0 bridgehead atoms.